The van der Waals surface area contributed by atoms with Gasteiger partial charge in [-0.15, -0.1) is 0 Å². The molecular formula is C19H21FN4O2. The van der Waals surface area contributed by atoms with Crippen LogP contribution in [-0.2, 0) is 11.8 Å². The minimum Gasteiger partial charge on any atom is -0.339 e. The molecule has 0 bridgehead atoms. The van der Waals surface area contributed by atoms with Gasteiger partial charge in [-0.3, -0.25) is 14.3 Å². The average Bonchev–Trinajstić information content (AvgIpc) is 3.20. The van der Waals surface area contributed by atoms with Crippen molar-refractivity contribution in [2.45, 2.75) is 19.3 Å². The zero-order valence-corrected chi connectivity index (χ0v) is 14.7. The van der Waals surface area contributed by atoms with Crippen molar-refractivity contribution < 1.29 is 14.0 Å². The van der Waals surface area contributed by atoms with Crippen LogP contribution in [0.4, 0.5) is 10.1 Å². The fraction of sp³-hybridized carbons (Fsp3) is 0.421. The van der Waals surface area contributed by atoms with E-state index in [1.807, 2.05) is 18.1 Å². The highest BCUT2D eigenvalue weighted by atomic mass is 19.1. The van der Waals surface area contributed by atoms with Crippen LogP contribution >= 0.6 is 0 Å². The van der Waals surface area contributed by atoms with E-state index in [1.165, 1.54) is 24.3 Å². The molecule has 1 aromatic carbocycles. The van der Waals surface area contributed by atoms with E-state index in [0.717, 1.165) is 12.1 Å². The van der Waals surface area contributed by atoms with Gasteiger partial charge in [0.05, 0.1) is 17.3 Å². The van der Waals surface area contributed by atoms with Crippen LogP contribution in [0.5, 0.6) is 0 Å². The van der Waals surface area contributed by atoms with E-state index >= 15 is 0 Å². The molecule has 0 atom stereocenters. The number of nitrogens with zero attached hydrogens (tertiary/aromatic N) is 4. The molecule has 2 aliphatic heterocycles. The molecule has 2 aromatic rings. The van der Waals surface area contributed by atoms with Gasteiger partial charge in [-0.25, -0.2) is 4.39 Å². The van der Waals surface area contributed by atoms with Gasteiger partial charge in [0.2, 0.25) is 5.91 Å². The summed E-state index contributed by atoms with van der Waals surface area (Å²) in [5.41, 5.74) is 0.936. The Morgan fingerprint density at radius 2 is 1.77 bits per heavy atom. The first kappa shape index (κ1) is 16.8. The molecule has 2 aliphatic rings. The minimum absolute atomic E-state index is 0.102. The van der Waals surface area contributed by atoms with Crippen LogP contribution in [0.3, 0.4) is 0 Å². The number of hydrogen-bond donors (Lipinski definition) is 0. The maximum absolute atomic E-state index is 13.0. The van der Waals surface area contributed by atoms with Gasteiger partial charge in [0.25, 0.3) is 5.91 Å². The lowest BCUT2D eigenvalue weighted by Crippen LogP contribution is -2.46. The second-order valence-corrected chi connectivity index (χ2v) is 7.16. The Labute approximate surface area is 151 Å². The number of rotatable bonds is 2. The summed E-state index contributed by atoms with van der Waals surface area (Å²) in [4.78, 5) is 29.2. The Morgan fingerprint density at radius 3 is 2.38 bits per heavy atom. The van der Waals surface area contributed by atoms with E-state index in [-0.39, 0.29) is 23.0 Å². The topological polar surface area (TPSA) is 58.4 Å². The zero-order valence-electron chi connectivity index (χ0n) is 14.7. The summed E-state index contributed by atoms with van der Waals surface area (Å²) in [7, 11) is 1.83. The number of benzene rings is 1. The number of likely N-dealkylation sites (tertiary alicyclic amines) is 1. The SMILES string of the molecule is Cn1cc(N2CCC3(CCN(C(=O)c4ccc(F)cc4)CC3)C2=O)cn1. The largest absolute Gasteiger partial charge is 0.339 e. The molecule has 0 unspecified atom stereocenters. The van der Waals surface area contributed by atoms with Crippen LogP contribution < -0.4 is 4.90 Å². The van der Waals surface area contributed by atoms with Crippen molar-refractivity contribution in [2.75, 3.05) is 24.5 Å². The predicted molar refractivity (Wildman–Crippen MR) is 94.1 cm³/mol. The average molecular weight is 356 g/mol. The number of carbonyl (C=O) groups excluding carboxylic acids is 2. The van der Waals surface area contributed by atoms with E-state index < -0.39 is 0 Å². The Bertz CT molecular complexity index is 837. The molecule has 1 spiro atoms. The van der Waals surface area contributed by atoms with Crippen molar-refractivity contribution in [3.8, 4) is 0 Å². The van der Waals surface area contributed by atoms with Gasteiger partial charge >= 0.3 is 0 Å². The number of halogens is 1. The highest BCUT2D eigenvalue weighted by Gasteiger charge is 2.49. The van der Waals surface area contributed by atoms with Crippen LogP contribution in [-0.4, -0.2) is 46.1 Å². The van der Waals surface area contributed by atoms with Gasteiger partial charge in [0, 0.05) is 38.4 Å². The predicted octanol–water partition coefficient (Wildman–Crippen LogP) is 2.22. The summed E-state index contributed by atoms with van der Waals surface area (Å²) in [6.07, 6.45) is 5.69. The van der Waals surface area contributed by atoms with E-state index in [2.05, 4.69) is 5.10 Å². The standard InChI is InChI=1S/C19H21FN4O2/c1-22-13-16(12-21-22)24-11-8-19(18(24)26)6-9-23(10-7-19)17(25)14-2-4-15(20)5-3-14/h2-5,12-13H,6-11H2,1H3. The van der Waals surface area contributed by atoms with Crippen molar-refractivity contribution in [1.29, 1.82) is 0 Å². The first-order valence-electron chi connectivity index (χ1n) is 8.84. The van der Waals surface area contributed by atoms with Crippen LogP contribution in [0.15, 0.2) is 36.7 Å². The molecule has 6 nitrogen and oxygen atoms in total. The van der Waals surface area contributed by atoms with Gasteiger partial charge in [-0.05, 0) is 43.5 Å². The molecule has 2 fully saturated rings. The Balaban J connectivity index is 1.44. The molecule has 4 rings (SSSR count). The second-order valence-electron chi connectivity index (χ2n) is 7.16. The normalized spacial score (nSPS) is 19.4. The minimum atomic E-state index is -0.380. The quantitative estimate of drug-likeness (QED) is 0.829. The first-order chi connectivity index (χ1) is 12.5. The Hall–Kier alpha value is -2.70. The number of anilines is 1. The smallest absolute Gasteiger partial charge is 0.253 e. The fourth-order valence-electron chi connectivity index (χ4n) is 3.99. The number of hydrogen-bond acceptors (Lipinski definition) is 3. The van der Waals surface area contributed by atoms with Gasteiger partial charge in [-0.1, -0.05) is 0 Å². The van der Waals surface area contributed by atoms with Gasteiger partial charge in [-0.2, -0.15) is 5.10 Å². The summed E-state index contributed by atoms with van der Waals surface area (Å²) >= 11 is 0. The lowest BCUT2D eigenvalue weighted by molar-refractivity contribution is -0.127. The third kappa shape index (κ3) is 2.77. The van der Waals surface area contributed by atoms with E-state index in [0.29, 0.717) is 38.0 Å². The summed E-state index contributed by atoms with van der Waals surface area (Å²) in [5.74, 6) is -0.319. The third-order valence-corrected chi connectivity index (χ3v) is 5.61. The van der Waals surface area contributed by atoms with Crippen molar-refractivity contribution >= 4 is 17.5 Å². The molecular weight excluding hydrogens is 335 g/mol. The summed E-state index contributed by atoms with van der Waals surface area (Å²) in [6.45, 7) is 1.78. The highest BCUT2D eigenvalue weighted by molar-refractivity contribution is 6.00. The molecule has 0 radical (unpaired) electrons. The van der Waals surface area contributed by atoms with Crippen LogP contribution in [0.25, 0.3) is 0 Å². The summed E-state index contributed by atoms with van der Waals surface area (Å²) < 4.78 is 14.7. The lowest BCUT2D eigenvalue weighted by atomic mass is 9.77. The Kier molecular flexibility index (Phi) is 4.01. The van der Waals surface area contributed by atoms with Gasteiger partial charge in [0.1, 0.15) is 5.82 Å². The maximum atomic E-state index is 13.0. The molecule has 2 amide bonds. The molecule has 3 heterocycles. The van der Waals surface area contributed by atoms with Crippen molar-refractivity contribution in [3.63, 3.8) is 0 Å². The Morgan fingerprint density at radius 1 is 1.12 bits per heavy atom. The number of piperidine rings is 1. The van der Waals surface area contributed by atoms with Crippen molar-refractivity contribution in [2.24, 2.45) is 12.5 Å². The molecule has 0 saturated carbocycles. The highest BCUT2D eigenvalue weighted by Crippen LogP contribution is 2.43. The molecule has 1 aromatic heterocycles. The number of carbonyl (C=O) groups is 2. The van der Waals surface area contributed by atoms with Crippen LogP contribution in [0, 0.1) is 11.2 Å². The zero-order chi connectivity index (χ0) is 18.3. The number of amides is 2. The second kappa shape index (κ2) is 6.23. The van der Waals surface area contributed by atoms with Crippen molar-refractivity contribution in [1.82, 2.24) is 14.7 Å². The maximum Gasteiger partial charge on any atom is 0.253 e. The fourth-order valence-corrected chi connectivity index (χ4v) is 3.99. The molecule has 26 heavy (non-hydrogen) atoms. The van der Waals surface area contributed by atoms with E-state index in [9.17, 15) is 14.0 Å². The third-order valence-electron chi connectivity index (χ3n) is 5.61. The van der Waals surface area contributed by atoms with Crippen molar-refractivity contribution in [3.05, 3.63) is 48.0 Å². The van der Waals surface area contributed by atoms with Gasteiger partial charge in [0.15, 0.2) is 0 Å². The first-order valence-corrected chi connectivity index (χ1v) is 8.84. The molecule has 0 aliphatic carbocycles. The summed E-state index contributed by atoms with van der Waals surface area (Å²) in [5, 5.41) is 4.15. The van der Waals surface area contributed by atoms with Gasteiger partial charge < -0.3 is 9.80 Å². The van der Waals surface area contributed by atoms with Crippen LogP contribution in [0.1, 0.15) is 29.6 Å². The number of aromatic nitrogens is 2. The molecule has 136 valence electrons. The molecule has 0 N–H and O–H groups in total. The summed E-state index contributed by atoms with van der Waals surface area (Å²) in [6, 6.07) is 5.61. The molecule has 2 saturated heterocycles. The molecule has 7 heteroatoms. The number of aryl methyl sites for hydroxylation is 1. The van der Waals surface area contributed by atoms with E-state index in [4.69, 9.17) is 0 Å². The van der Waals surface area contributed by atoms with E-state index in [1.54, 1.807) is 15.8 Å². The van der Waals surface area contributed by atoms with Crippen LogP contribution in [0.2, 0.25) is 0 Å². The lowest BCUT2D eigenvalue weighted by Gasteiger charge is -2.38. The monoisotopic (exact) mass is 356 g/mol.